The summed E-state index contributed by atoms with van der Waals surface area (Å²) in [5, 5.41) is 2.90. The number of nitrogens with zero attached hydrogens (tertiary/aromatic N) is 1. The number of benzene rings is 2. The molecular formula is C20H22N2O4. The fraction of sp³-hybridized carbons (Fsp3) is 0.300. The molecule has 0 radical (unpaired) electrons. The van der Waals surface area contributed by atoms with Gasteiger partial charge in [0.2, 0.25) is 5.91 Å². The summed E-state index contributed by atoms with van der Waals surface area (Å²) < 4.78 is 10.6. The minimum atomic E-state index is -0.307. The minimum Gasteiger partial charge on any atom is -0.496 e. The molecule has 6 heteroatoms. The van der Waals surface area contributed by atoms with Gasteiger partial charge in [0.05, 0.1) is 14.2 Å². The van der Waals surface area contributed by atoms with E-state index in [1.807, 2.05) is 12.1 Å². The SMILES string of the molecule is COc1cccc(OC)c1C(=O)Nc1ccc2c(c1)CCCN2C(C)=O. The van der Waals surface area contributed by atoms with Crippen LogP contribution in [0.25, 0.3) is 0 Å². The van der Waals surface area contributed by atoms with Crippen molar-refractivity contribution in [2.24, 2.45) is 0 Å². The van der Waals surface area contributed by atoms with Crippen LogP contribution >= 0.6 is 0 Å². The van der Waals surface area contributed by atoms with Crippen molar-refractivity contribution in [1.29, 1.82) is 0 Å². The summed E-state index contributed by atoms with van der Waals surface area (Å²) in [7, 11) is 3.03. The lowest BCUT2D eigenvalue weighted by Crippen LogP contribution is -2.33. The lowest BCUT2D eigenvalue weighted by molar-refractivity contribution is -0.116. The fourth-order valence-corrected chi connectivity index (χ4v) is 3.27. The average Bonchev–Trinajstić information content (AvgIpc) is 2.66. The molecule has 0 spiro atoms. The van der Waals surface area contributed by atoms with Crippen LogP contribution in [0.5, 0.6) is 11.5 Å². The number of ether oxygens (including phenoxy) is 2. The van der Waals surface area contributed by atoms with Crippen molar-refractivity contribution < 1.29 is 19.1 Å². The van der Waals surface area contributed by atoms with Gasteiger partial charge in [-0.05, 0) is 48.7 Å². The molecular weight excluding hydrogens is 332 g/mol. The average molecular weight is 354 g/mol. The van der Waals surface area contributed by atoms with Gasteiger partial charge in [-0.15, -0.1) is 0 Å². The molecule has 26 heavy (non-hydrogen) atoms. The molecule has 0 unspecified atom stereocenters. The first-order valence-electron chi connectivity index (χ1n) is 8.48. The molecule has 6 nitrogen and oxygen atoms in total. The molecule has 0 saturated heterocycles. The summed E-state index contributed by atoms with van der Waals surface area (Å²) in [6, 6.07) is 10.8. The van der Waals surface area contributed by atoms with Gasteiger partial charge in [0.25, 0.3) is 5.91 Å². The molecule has 0 saturated carbocycles. The maximum Gasteiger partial charge on any atom is 0.263 e. The lowest BCUT2D eigenvalue weighted by Gasteiger charge is -2.29. The molecule has 136 valence electrons. The van der Waals surface area contributed by atoms with Crippen molar-refractivity contribution in [3.63, 3.8) is 0 Å². The summed E-state index contributed by atoms with van der Waals surface area (Å²) in [5.41, 5.74) is 2.99. The highest BCUT2D eigenvalue weighted by Gasteiger charge is 2.22. The van der Waals surface area contributed by atoms with Gasteiger partial charge in [0.15, 0.2) is 0 Å². The highest BCUT2D eigenvalue weighted by Crippen LogP contribution is 2.32. The van der Waals surface area contributed by atoms with Gasteiger partial charge in [-0.1, -0.05) is 6.07 Å². The van der Waals surface area contributed by atoms with E-state index in [2.05, 4.69) is 5.32 Å². The molecule has 1 aliphatic rings. The number of methoxy groups -OCH3 is 2. The Hall–Kier alpha value is -3.02. The number of carbonyl (C=O) groups excluding carboxylic acids is 2. The van der Waals surface area contributed by atoms with Crippen molar-refractivity contribution >= 4 is 23.2 Å². The van der Waals surface area contributed by atoms with Crippen molar-refractivity contribution in [2.45, 2.75) is 19.8 Å². The Kier molecular flexibility index (Phi) is 5.11. The van der Waals surface area contributed by atoms with E-state index >= 15 is 0 Å². The number of hydrogen-bond acceptors (Lipinski definition) is 4. The van der Waals surface area contributed by atoms with Gasteiger partial charge in [0.1, 0.15) is 17.1 Å². The molecule has 1 aliphatic heterocycles. The Morgan fingerprint density at radius 1 is 1.08 bits per heavy atom. The van der Waals surface area contributed by atoms with Crippen molar-refractivity contribution in [1.82, 2.24) is 0 Å². The quantitative estimate of drug-likeness (QED) is 0.915. The molecule has 0 aliphatic carbocycles. The standard InChI is InChI=1S/C20H22N2O4/c1-13(23)22-11-5-6-14-12-15(9-10-16(14)22)21-20(24)19-17(25-2)7-4-8-18(19)26-3/h4,7-10,12H,5-6,11H2,1-3H3,(H,21,24). The van der Waals surface area contributed by atoms with E-state index in [1.165, 1.54) is 14.2 Å². The van der Waals surface area contributed by atoms with E-state index < -0.39 is 0 Å². The zero-order chi connectivity index (χ0) is 18.7. The van der Waals surface area contributed by atoms with Gasteiger partial charge in [0, 0.05) is 24.8 Å². The van der Waals surface area contributed by atoms with E-state index in [1.54, 1.807) is 36.1 Å². The van der Waals surface area contributed by atoms with Gasteiger partial charge in [-0.25, -0.2) is 0 Å². The van der Waals surface area contributed by atoms with Gasteiger partial charge in [-0.2, -0.15) is 0 Å². The number of nitrogens with one attached hydrogen (secondary N) is 1. The first kappa shape index (κ1) is 17.8. The third-order valence-corrected chi connectivity index (χ3v) is 4.49. The normalized spacial score (nSPS) is 13.0. The largest absolute Gasteiger partial charge is 0.496 e. The van der Waals surface area contributed by atoms with E-state index in [4.69, 9.17) is 9.47 Å². The molecule has 3 rings (SSSR count). The molecule has 1 heterocycles. The van der Waals surface area contributed by atoms with E-state index in [0.717, 1.165) is 30.6 Å². The summed E-state index contributed by atoms with van der Waals surface area (Å²) in [6.45, 7) is 2.30. The zero-order valence-electron chi connectivity index (χ0n) is 15.2. The molecule has 0 bridgehead atoms. The summed E-state index contributed by atoms with van der Waals surface area (Å²) in [5.74, 6) is 0.616. The van der Waals surface area contributed by atoms with Gasteiger partial charge < -0.3 is 19.7 Å². The van der Waals surface area contributed by atoms with Gasteiger partial charge >= 0.3 is 0 Å². The number of amides is 2. The maximum absolute atomic E-state index is 12.8. The van der Waals surface area contributed by atoms with Crippen LogP contribution in [0.15, 0.2) is 36.4 Å². The smallest absolute Gasteiger partial charge is 0.263 e. The first-order chi connectivity index (χ1) is 12.5. The second kappa shape index (κ2) is 7.47. The van der Waals surface area contributed by atoms with E-state index in [0.29, 0.717) is 22.7 Å². The van der Waals surface area contributed by atoms with Crippen LogP contribution in [-0.2, 0) is 11.2 Å². The predicted molar refractivity (Wildman–Crippen MR) is 100 cm³/mol. The molecule has 0 atom stereocenters. The zero-order valence-corrected chi connectivity index (χ0v) is 15.2. The number of hydrogen-bond donors (Lipinski definition) is 1. The molecule has 0 fully saturated rings. The Morgan fingerprint density at radius 3 is 2.38 bits per heavy atom. The van der Waals surface area contributed by atoms with Crippen LogP contribution in [0.2, 0.25) is 0 Å². The number of anilines is 2. The second-order valence-corrected chi connectivity index (χ2v) is 6.11. The minimum absolute atomic E-state index is 0.0292. The van der Waals surface area contributed by atoms with Crippen LogP contribution in [0, 0.1) is 0 Å². The number of fused-ring (bicyclic) bond motifs is 1. The molecule has 0 aromatic heterocycles. The Bertz CT molecular complexity index is 825. The topological polar surface area (TPSA) is 67.9 Å². The highest BCUT2D eigenvalue weighted by molar-refractivity contribution is 6.08. The van der Waals surface area contributed by atoms with Crippen LogP contribution in [0.4, 0.5) is 11.4 Å². The van der Waals surface area contributed by atoms with E-state index in [9.17, 15) is 9.59 Å². The van der Waals surface area contributed by atoms with Crippen LogP contribution in [-0.4, -0.2) is 32.6 Å². The third kappa shape index (κ3) is 3.35. The fourth-order valence-electron chi connectivity index (χ4n) is 3.27. The maximum atomic E-state index is 12.8. The summed E-state index contributed by atoms with van der Waals surface area (Å²) >= 11 is 0. The van der Waals surface area contributed by atoms with Gasteiger partial charge in [-0.3, -0.25) is 9.59 Å². The second-order valence-electron chi connectivity index (χ2n) is 6.11. The number of rotatable bonds is 4. The monoisotopic (exact) mass is 354 g/mol. The molecule has 2 aromatic rings. The number of carbonyl (C=O) groups is 2. The van der Waals surface area contributed by atoms with Crippen molar-refractivity contribution in [3.05, 3.63) is 47.5 Å². The summed E-state index contributed by atoms with van der Waals surface area (Å²) in [4.78, 5) is 26.3. The lowest BCUT2D eigenvalue weighted by atomic mass is 10.0. The first-order valence-corrected chi connectivity index (χ1v) is 8.48. The van der Waals surface area contributed by atoms with Crippen molar-refractivity contribution in [3.8, 4) is 11.5 Å². The predicted octanol–water partition coefficient (Wildman–Crippen LogP) is 3.26. The Labute approximate surface area is 152 Å². The number of aryl methyl sites for hydroxylation is 1. The van der Waals surface area contributed by atoms with Crippen LogP contribution in [0.1, 0.15) is 29.3 Å². The van der Waals surface area contributed by atoms with Crippen LogP contribution < -0.4 is 19.7 Å². The third-order valence-electron chi connectivity index (χ3n) is 4.49. The van der Waals surface area contributed by atoms with Crippen molar-refractivity contribution in [2.75, 3.05) is 31.0 Å². The highest BCUT2D eigenvalue weighted by atomic mass is 16.5. The molecule has 1 N–H and O–H groups in total. The molecule has 2 amide bonds. The summed E-state index contributed by atoms with van der Waals surface area (Å²) in [6.07, 6.45) is 1.78. The van der Waals surface area contributed by atoms with Crippen LogP contribution in [0.3, 0.4) is 0 Å². The molecule has 2 aromatic carbocycles. The van der Waals surface area contributed by atoms with E-state index in [-0.39, 0.29) is 11.8 Å². The Balaban J connectivity index is 1.89. The Morgan fingerprint density at radius 2 is 1.77 bits per heavy atom.